The lowest BCUT2D eigenvalue weighted by Gasteiger charge is -2.11. The summed E-state index contributed by atoms with van der Waals surface area (Å²) < 4.78 is 69.1. The molecule has 0 spiro atoms. The Bertz CT molecular complexity index is 1120. The molecule has 0 atom stereocenters. The SMILES string of the molecule is COc1ccc(-n2nc(C(F)(F)F)cc2-c2ccc(S(C)(=O)=O)cc2)cc1N. The molecule has 0 aliphatic rings. The van der Waals surface area contributed by atoms with E-state index in [1.165, 1.54) is 49.6 Å². The molecule has 2 N–H and O–H groups in total. The molecule has 3 aromatic rings. The number of benzene rings is 2. The van der Waals surface area contributed by atoms with Crippen molar-refractivity contribution in [2.75, 3.05) is 19.1 Å². The van der Waals surface area contributed by atoms with Crippen molar-refractivity contribution >= 4 is 15.5 Å². The number of hydrogen-bond acceptors (Lipinski definition) is 5. The van der Waals surface area contributed by atoms with E-state index >= 15 is 0 Å². The summed E-state index contributed by atoms with van der Waals surface area (Å²) in [5.74, 6) is 0.381. The van der Waals surface area contributed by atoms with Crippen LogP contribution in [-0.2, 0) is 16.0 Å². The van der Waals surface area contributed by atoms with Crippen molar-refractivity contribution in [3.05, 3.63) is 54.2 Å². The number of rotatable bonds is 4. The standard InChI is InChI=1S/C18H16F3N3O3S/c1-27-16-8-5-12(9-14(16)22)24-15(10-17(23-24)18(19,20)21)11-3-6-13(7-4-11)28(2,25)26/h3-10H,22H2,1-2H3. The first kappa shape index (κ1) is 19.7. The first-order chi connectivity index (χ1) is 13.0. The maximum absolute atomic E-state index is 13.2. The number of sulfone groups is 1. The lowest BCUT2D eigenvalue weighted by Crippen LogP contribution is -2.07. The van der Waals surface area contributed by atoms with Crippen molar-refractivity contribution < 1.29 is 26.3 Å². The summed E-state index contributed by atoms with van der Waals surface area (Å²) in [4.78, 5) is 0.0621. The van der Waals surface area contributed by atoms with Crippen LogP contribution in [0.25, 0.3) is 16.9 Å². The number of aromatic nitrogens is 2. The average molecular weight is 411 g/mol. The van der Waals surface area contributed by atoms with E-state index < -0.39 is 21.7 Å². The summed E-state index contributed by atoms with van der Waals surface area (Å²) in [7, 11) is -2.00. The molecule has 6 nitrogen and oxygen atoms in total. The monoisotopic (exact) mass is 411 g/mol. The lowest BCUT2D eigenvalue weighted by atomic mass is 10.1. The van der Waals surface area contributed by atoms with E-state index in [0.29, 0.717) is 17.0 Å². The first-order valence-corrected chi connectivity index (χ1v) is 9.81. The van der Waals surface area contributed by atoms with Gasteiger partial charge >= 0.3 is 6.18 Å². The van der Waals surface area contributed by atoms with Crippen molar-refractivity contribution in [2.24, 2.45) is 0 Å². The summed E-state index contributed by atoms with van der Waals surface area (Å²) in [6.45, 7) is 0. The molecule has 10 heteroatoms. The van der Waals surface area contributed by atoms with Gasteiger partial charge in [-0.2, -0.15) is 18.3 Å². The number of methoxy groups -OCH3 is 1. The summed E-state index contributed by atoms with van der Waals surface area (Å²) in [5.41, 5.74) is 5.83. The third-order valence-electron chi connectivity index (χ3n) is 4.04. The minimum Gasteiger partial charge on any atom is -0.495 e. The van der Waals surface area contributed by atoms with Crippen LogP contribution in [0.15, 0.2) is 53.4 Å². The van der Waals surface area contributed by atoms with Gasteiger partial charge < -0.3 is 10.5 Å². The molecule has 0 saturated carbocycles. The average Bonchev–Trinajstić information content (AvgIpc) is 3.07. The third kappa shape index (κ3) is 3.81. The number of hydrogen-bond donors (Lipinski definition) is 1. The second-order valence-corrected chi connectivity index (χ2v) is 8.06. The minimum absolute atomic E-state index is 0.0621. The van der Waals surface area contributed by atoms with E-state index in [0.717, 1.165) is 17.0 Å². The van der Waals surface area contributed by atoms with Gasteiger partial charge in [-0.15, -0.1) is 0 Å². The predicted molar refractivity (Wildman–Crippen MR) is 98.1 cm³/mol. The number of ether oxygens (including phenoxy) is 1. The number of halogens is 3. The Morgan fingerprint density at radius 3 is 2.21 bits per heavy atom. The van der Waals surface area contributed by atoms with Crippen LogP contribution in [0, 0.1) is 0 Å². The molecule has 2 aromatic carbocycles. The normalized spacial score (nSPS) is 12.2. The predicted octanol–water partition coefficient (Wildman–Crippen LogP) is 3.55. The van der Waals surface area contributed by atoms with Gasteiger partial charge in [0.05, 0.1) is 29.1 Å². The highest BCUT2D eigenvalue weighted by Crippen LogP contribution is 2.34. The number of nitrogens with zero attached hydrogens (tertiary/aromatic N) is 2. The lowest BCUT2D eigenvalue weighted by molar-refractivity contribution is -0.141. The van der Waals surface area contributed by atoms with E-state index in [1.807, 2.05) is 0 Å². The van der Waals surface area contributed by atoms with E-state index in [9.17, 15) is 21.6 Å². The zero-order valence-electron chi connectivity index (χ0n) is 14.9. The van der Waals surface area contributed by atoms with E-state index in [1.54, 1.807) is 0 Å². The molecule has 0 radical (unpaired) electrons. The van der Waals surface area contributed by atoms with Crippen LogP contribution >= 0.6 is 0 Å². The topological polar surface area (TPSA) is 87.2 Å². The van der Waals surface area contributed by atoms with Gasteiger partial charge in [-0.25, -0.2) is 13.1 Å². The number of alkyl halides is 3. The van der Waals surface area contributed by atoms with Gasteiger partial charge in [-0.05, 0) is 36.4 Å². The summed E-state index contributed by atoms with van der Waals surface area (Å²) in [6.07, 6.45) is -3.60. The third-order valence-corrected chi connectivity index (χ3v) is 5.16. The van der Waals surface area contributed by atoms with E-state index in [-0.39, 0.29) is 16.3 Å². The number of nitrogen functional groups attached to an aromatic ring is 1. The van der Waals surface area contributed by atoms with Gasteiger partial charge in [-0.1, -0.05) is 12.1 Å². The Morgan fingerprint density at radius 1 is 1.07 bits per heavy atom. The molecule has 0 aliphatic carbocycles. The van der Waals surface area contributed by atoms with Gasteiger partial charge in [0.2, 0.25) is 0 Å². The molecule has 1 aromatic heterocycles. The van der Waals surface area contributed by atoms with Crippen LogP contribution < -0.4 is 10.5 Å². The molecule has 0 amide bonds. The molecular formula is C18H16F3N3O3S. The van der Waals surface area contributed by atoms with Crippen molar-refractivity contribution in [3.63, 3.8) is 0 Å². The molecule has 0 fully saturated rings. The molecular weight excluding hydrogens is 395 g/mol. The second kappa shape index (κ2) is 6.86. The van der Waals surface area contributed by atoms with Crippen molar-refractivity contribution in [1.29, 1.82) is 0 Å². The van der Waals surface area contributed by atoms with Crippen molar-refractivity contribution in [1.82, 2.24) is 9.78 Å². The molecule has 3 rings (SSSR count). The number of nitrogens with two attached hydrogens (primary N) is 1. The fourth-order valence-corrected chi connectivity index (χ4v) is 3.28. The van der Waals surface area contributed by atoms with Crippen LogP contribution in [0.5, 0.6) is 5.75 Å². The Kier molecular flexibility index (Phi) is 4.84. The van der Waals surface area contributed by atoms with Gasteiger partial charge in [0.15, 0.2) is 15.5 Å². The Morgan fingerprint density at radius 2 is 1.71 bits per heavy atom. The van der Waals surface area contributed by atoms with Gasteiger partial charge in [0, 0.05) is 11.8 Å². The van der Waals surface area contributed by atoms with Gasteiger partial charge in [0.1, 0.15) is 5.75 Å². The zero-order chi connectivity index (χ0) is 20.7. The molecule has 1 heterocycles. The minimum atomic E-state index is -4.65. The summed E-state index contributed by atoms with van der Waals surface area (Å²) in [5, 5.41) is 3.67. The van der Waals surface area contributed by atoms with E-state index in [2.05, 4.69) is 5.10 Å². The van der Waals surface area contributed by atoms with E-state index in [4.69, 9.17) is 10.5 Å². The second-order valence-electron chi connectivity index (χ2n) is 6.05. The number of anilines is 1. The molecule has 0 saturated heterocycles. The maximum atomic E-state index is 13.2. The zero-order valence-corrected chi connectivity index (χ0v) is 15.7. The summed E-state index contributed by atoms with van der Waals surface area (Å²) >= 11 is 0. The molecule has 0 aliphatic heterocycles. The highest BCUT2D eigenvalue weighted by Gasteiger charge is 2.35. The van der Waals surface area contributed by atoms with Crippen molar-refractivity contribution in [2.45, 2.75) is 11.1 Å². The Balaban J connectivity index is 2.18. The summed E-state index contributed by atoms with van der Waals surface area (Å²) in [6, 6.07) is 10.9. The van der Waals surface area contributed by atoms with Crippen LogP contribution in [0.3, 0.4) is 0 Å². The van der Waals surface area contributed by atoms with Gasteiger partial charge in [-0.3, -0.25) is 0 Å². The molecule has 28 heavy (non-hydrogen) atoms. The van der Waals surface area contributed by atoms with Crippen LogP contribution in [0.2, 0.25) is 0 Å². The largest absolute Gasteiger partial charge is 0.495 e. The Labute approximate surface area is 159 Å². The molecule has 0 bridgehead atoms. The maximum Gasteiger partial charge on any atom is 0.435 e. The van der Waals surface area contributed by atoms with Crippen molar-refractivity contribution in [3.8, 4) is 22.7 Å². The first-order valence-electron chi connectivity index (χ1n) is 7.92. The van der Waals surface area contributed by atoms with Crippen LogP contribution in [-0.4, -0.2) is 31.6 Å². The Hall–Kier alpha value is -3.01. The smallest absolute Gasteiger partial charge is 0.435 e. The van der Waals surface area contributed by atoms with Crippen LogP contribution in [0.4, 0.5) is 18.9 Å². The highest BCUT2D eigenvalue weighted by atomic mass is 32.2. The molecule has 0 unspecified atom stereocenters. The van der Waals surface area contributed by atoms with Gasteiger partial charge in [0.25, 0.3) is 0 Å². The fraction of sp³-hybridized carbons (Fsp3) is 0.167. The highest BCUT2D eigenvalue weighted by molar-refractivity contribution is 7.90. The molecule has 148 valence electrons. The van der Waals surface area contributed by atoms with Crippen LogP contribution in [0.1, 0.15) is 5.69 Å². The quantitative estimate of drug-likeness (QED) is 0.664. The fourth-order valence-electron chi connectivity index (χ4n) is 2.65.